The normalized spacial score (nSPS) is 11.4. The van der Waals surface area contributed by atoms with Crippen molar-refractivity contribution in [1.29, 1.82) is 0 Å². The van der Waals surface area contributed by atoms with Gasteiger partial charge in [-0.1, -0.05) is 188 Å². The van der Waals surface area contributed by atoms with Gasteiger partial charge < -0.3 is 14.5 Å². The minimum Gasteiger partial charge on any atom is -0.456 e. The van der Waals surface area contributed by atoms with E-state index in [0.717, 1.165) is 67.5 Å². The van der Waals surface area contributed by atoms with Crippen molar-refractivity contribution in [2.45, 2.75) is 0 Å². The van der Waals surface area contributed by atoms with Crippen LogP contribution in [0.5, 0.6) is 11.5 Å². The molecule has 0 fully saturated rings. The van der Waals surface area contributed by atoms with Gasteiger partial charge in [0.1, 0.15) is 11.5 Å². The van der Waals surface area contributed by atoms with E-state index in [2.05, 4.69) is 277 Å². The van der Waals surface area contributed by atoms with E-state index in [4.69, 9.17) is 4.74 Å². The Morgan fingerprint density at radius 1 is 0.239 bits per heavy atom. The fourth-order valence-electron chi connectivity index (χ4n) is 9.55. The van der Waals surface area contributed by atoms with Crippen LogP contribution in [-0.2, 0) is 0 Å². The zero-order chi connectivity index (χ0) is 44.5. The first-order valence-electron chi connectivity index (χ1n) is 22.8. The van der Waals surface area contributed by atoms with E-state index in [1.807, 2.05) is 0 Å². The van der Waals surface area contributed by atoms with Gasteiger partial charge in [-0.15, -0.1) is 0 Å². The molecule has 12 rings (SSSR count). The number of fused-ring (bicyclic) bond motifs is 2. The van der Waals surface area contributed by atoms with Crippen molar-refractivity contribution >= 4 is 44.9 Å². The van der Waals surface area contributed by atoms with Crippen LogP contribution < -0.4 is 14.5 Å². The lowest BCUT2D eigenvalue weighted by atomic mass is 9.93. The molecule has 0 saturated heterocycles. The van der Waals surface area contributed by atoms with Crippen LogP contribution in [0.1, 0.15) is 0 Å². The van der Waals surface area contributed by atoms with Crippen molar-refractivity contribution < 1.29 is 4.74 Å². The molecule has 0 aliphatic carbocycles. The molecular formula is C64H44N2O. The summed E-state index contributed by atoms with van der Waals surface area (Å²) in [6.45, 7) is 0. The van der Waals surface area contributed by atoms with Gasteiger partial charge in [0.25, 0.3) is 0 Å². The fourth-order valence-corrected chi connectivity index (χ4v) is 9.55. The molecule has 67 heavy (non-hydrogen) atoms. The summed E-state index contributed by atoms with van der Waals surface area (Å²) in [5.74, 6) is 1.66. The molecule has 11 aromatic rings. The Labute approximate surface area is 391 Å². The van der Waals surface area contributed by atoms with E-state index >= 15 is 0 Å². The van der Waals surface area contributed by atoms with Gasteiger partial charge in [0, 0.05) is 50.8 Å². The zero-order valence-electron chi connectivity index (χ0n) is 36.7. The third-order valence-electron chi connectivity index (χ3n) is 12.9. The van der Waals surface area contributed by atoms with Gasteiger partial charge in [-0.2, -0.15) is 0 Å². The summed E-state index contributed by atoms with van der Waals surface area (Å²) in [7, 11) is 0. The second-order valence-electron chi connectivity index (χ2n) is 16.9. The van der Waals surface area contributed by atoms with Crippen molar-refractivity contribution in [3.05, 3.63) is 267 Å². The quantitative estimate of drug-likeness (QED) is 0.136. The number of hydrogen-bond acceptors (Lipinski definition) is 3. The number of hydrogen-bond donors (Lipinski definition) is 0. The summed E-state index contributed by atoms with van der Waals surface area (Å²) >= 11 is 0. The van der Waals surface area contributed by atoms with Crippen molar-refractivity contribution in [2.24, 2.45) is 0 Å². The molecule has 0 bridgehead atoms. The number of ether oxygens (including phenoxy) is 1. The Bertz CT molecular complexity index is 3320. The van der Waals surface area contributed by atoms with Crippen molar-refractivity contribution in [1.82, 2.24) is 0 Å². The van der Waals surface area contributed by atoms with Crippen molar-refractivity contribution in [2.75, 3.05) is 9.80 Å². The van der Waals surface area contributed by atoms with E-state index in [0.29, 0.717) is 0 Å². The van der Waals surface area contributed by atoms with Crippen LogP contribution in [0.15, 0.2) is 267 Å². The van der Waals surface area contributed by atoms with Crippen molar-refractivity contribution in [3.63, 3.8) is 0 Å². The molecule has 0 spiro atoms. The van der Waals surface area contributed by atoms with Gasteiger partial charge >= 0.3 is 0 Å². The number of anilines is 6. The molecule has 0 unspecified atom stereocenters. The van der Waals surface area contributed by atoms with Crippen LogP contribution in [-0.4, -0.2) is 0 Å². The Morgan fingerprint density at radius 3 is 1.03 bits per heavy atom. The molecule has 1 heterocycles. The van der Waals surface area contributed by atoms with Crippen LogP contribution in [0.3, 0.4) is 0 Å². The minimum absolute atomic E-state index is 0.821. The largest absolute Gasteiger partial charge is 0.456 e. The van der Waals surface area contributed by atoms with Gasteiger partial charge in [0.15, 0.2) is 0 Å². The Balaban J connectivity index is 0.948. The summed E-state index contributed by atoms with van der Waals surface area (Å²) < 4.78 is 7.00. The Morgan fingerprint density at radius 2 is 0.612 bits per heavy atom. The van der Waals surface area contributed by atoms with Crippen LogP contribution in [0, 0.1) is 0 Å². The summed E-state index contributed by atoms with van der Waals surface area (Å²) in [4.78, 5) is 4.69. The average Bonchev–Trinajstić information content (AvgIpc) is 3.41. The van der Waals surface area contributed by atoms with Crippen molar-refractivity contribution in [3.8, 4) is 67.1 Å². The third kappa shape index (κ3) is 7.59. The van der Waals surface area contributed by atoms with Gasteiger partial charge in [0.2, 0.25) is 0 Å². The first-order valence-corrected chi connectivity index (χ1v) is 22.8. The smallest absolute Gasteiger partial charge is 0.137 e. The number of benzene rings is 11. The monoisotopic (exact) mass is 856 g/mol. The van der Waals surface area contributed by atoms with Gasteiger partial charge in [-0.25, -0.2) is 0 Å². The van der Waals surface area contributed by atoms with Crippen LogP contribution >= 0.6 is 0 Å². The Hall–Kier alpha value is -8.92. The highest BCUT2D eigenvalue weighted by atomic mass is 16.5. The molecule has 0 radical (unpaired) electrons. The average molecular weight is 857 g/mol. The second kappa shape index (κ2) is 17.2. The molecule has 1 aliphatic heterocycles. The first-order chi connectivity index (χ1) is 33.2. The number of nitrogens with zero attached hydrogens (tertiary/aromatic N) is 2. The summed E-state index contributed by atoms with van der Waals surface area (Å²) in [5.41, 5.74) is 18.0. The van der Waals surface area contributed by atoms with E-state index in [1.165, 1.54) is 44.5 Å². The zero-order valence-corrected chi connectivity index (χ0v) is 36.7. The molecule has 3 heteroatoms. The van der Waals surface area contributed by atoms with Gasteiger partial charge in [-0.05, 0) is 123 Å². The molecule has 3 nitrogen and oxygen atoms in total. The van der Waals surface area contributed by atoms with E-state index in [9.17, 15) is 0 Å². The summed E-state index contributed by atoms with van der Waals surface area (Å²) in [5, 5.41) is 2.21. The van der Waals surface area contributed by atoms with Gasteiger partial charge in [-0.3, -0.25) is 0 Å². The van der Waals surface area contributed by atoms with Crippen LogP contribution in [0.2, 0.25) is 0 Å². The minimum atomic E-state index is 0.821. The molecule has 0 aromatic heterocycles. The molecular weight excluding hydrogens is 813 g/mol. The second-order valence-corrected chi connectivity index (χ2v) is 16.9. The molecule has 0 atom stereocenters. The Kier molecular flexibility index (Phi) is 10.2. The van der Waals surface area contributed by atoms with E-state index in [1.54, 1.807) is 0 Å². The molecule has 0 amide bonds. The maximum absolute atomic E-state index is 7.00. The van der Waals surface area contributed by atoms with E-state index in [-0.39, 0.29) is 0 Å². The standard InChI is InChI=1S/C64H44N2O/c1-5-14-45(15-6-1)49-24-32-53(33-25-49)65(54-34-26-50(27-35-54)46-16-7-2-8-17-46)57-40-41-58-59-22-13-23-60-61(42-43-62(64(59)60)67-63(58)44-57)66(55-36-28-51(29-37-55)47-18-9-3-10-19-47)56-38-30-52(31-39-56)48-20-11-4-12-21-48/h1-44H. The number of rotatable bonds is 10. The van der Waals surface area contributed by atoms with Crippen LogP contribution in [0.25, 0.3) is 66.4 Å². The highest BCUT2D eigenvalue weighted by Crippen LogP contribution is 2.52. The maximum Gasteiger partial charge on any atom is 0.137 e. The first kappa shape index (κ1) is 39.7. The van der Waals surface area contributed by atoms with E-state index < -0.39 is 0 Å². The molecule has 316 valence electrons. The SMILES string of the molecule is c1ccc(-c2ccc(N(c3ccc(-c4ccccc4)cc3)c3ccc4c(c3)Oc3ccc(N(c5ccc(-c6ccccc6)cc5)c5ccc(-c6ccccc6)cc5)c5cccc-4c35)cc2)cc1. The van der Waals surface area contributed by atoms with Crippen LogP contribution in [0.4, 0.5) is 34.1 Å². The lowest BCUT2D eigenvalue weighted by Crippen LogP contribution is -2.12. The maximum atomic E-state index is 7.00. The highest BCUT2D eigenvalue weighted by molar-refractivity contribution is 6.11. The lowest BCUT2D eigenvalue weighted by Gasteiger charge is -2.30. The predicted molar refractivity (Wildman–Crippen MR) is 281 cm³/mol. The summed E-state index contributed by atoms with van der Waals surface area (Å²) in [6, 6.07) is 95.3. The van der Waals surface area contributed by atoms with Gasteiger partial charge in [0.05, 0.1) is 5.69 Å². The topological polar surface area (TPSA) is 15.7 Å². The lowest BCUT2D eigenvalue weighted by molar-refractivity contribution is 0.487. The molecule has 11 aromatic carbocycles. The third-order valence-corrected chi connectivity index (χ3v) is 12.9. The molecule has 0 saturated carbocycles. The highest BCUT2D eigenvalue weighted by Gasteiger charge is 2.26. The summed E-state index contributed by atoms with van der Waals surface area (Å²) in [6.07, 6.45) is 0. The predicted octanol–water partition coefficient (Wildman–Crippen LogP) is 18.2. The molecule has 1 aliphatic rings. The molecule has 0 N–H and O–H groups in total. The fraction of sp³-hybridized carbons (Fsp3) is 0.